The first-order chi connectivity index (χ1) is 13.8. The van der Waals surface area contributed by atoms with E-state index in [4.69, 9.17) is 9.47 Å². The van der Waals surface area contributed by atoms with Crippen LogP contribution in [0, 0.1) is 5.82 Å². The molecular weight excluding hydrogens is 379 g/mol. The number of anilines is 2. The molecule has 3 aromatic rings. The average molecular weight is 402 g/mol. The van der Waals surface area contributed by atoms with Gasteiger partial charge in [-0.1, -0.05) is 0 Å². The van der Waals surface area contributed by atoms with Crippen LogP contribution in [0.5, 0.6) is 5.75 Å². The van der Waals surface area contributed by atoms with Gasteiger partial charge in [-0.05, 0) is 43.2 Å². The maximum atomic E-state index is 13.1. The number of aromatic amines is 1. The minimum Gasteiger partial charge on any atom is -0.494 e. The van der Waals surface area contributed by atoms with E-state index in [-0.39, 0.29) is 5.82 Å². The highest BCUT2D eigenvalue weighted by molar-refractivity contribution is 7.13. The molecule has 6 nitrogen and oxygen atoms in total. The van der Waals surface area contributed by atoms with Crippen molar-refractivity contribution < 1.29 is 13.9 Å². The zero-order valence-electron chi connectivity index (χ0n) is 15.4. The Labute approximate surface area is 167 Å². The second-order valence-corrected chi connectivity index (χ2v) is 7.54. The lowest BCUT2D eigenvalue weighted by molar-refractivity contribution is 0.0204. The molecule has 28 heavy (non-hydrogen) atoms. The van der Waals surface area contributed by atoms with E-state index in [1.54, 1.807) is 0 Å². The highest BCUT2D eigenvalue weighted by Gasteiger charge is 2.12. The molecule has 8 heteroatoms. The summed E-state index contributed by atoms with van der Waals surface area (Å²) in [6.07, 6.45) is 2.27. The van der Waals surface area contributed by atoms with Crippen LogP contribution in [0.3, 0.4) is 0 Å². The average Bonchev–Trinajstić information content (AvgIpc) is 3.36. The van der Waals surface area contributed by atoms with Crippen molar-refractivity contribution in [1.29, 1.82) is 0 Å². The van der Waals surface area contributed by atoms with Gasteiger partial charge in [-0.2, -0.15) is 5.10 Å². The molecule has 1 aliphatic rings. The smallest absolute Gasteiger partial charge is 0.134 e. The van der Waals surface area contributed by atoms with Crippen molar-refractivity contribution in [3.63, 3.8) is 0 Å². The fraction of sp³-hybridized carbons (Fsp3) is 0.350. The number of halogens is 1. The molecule has 1 atom stereocenters. The topological polar surface area (TPSA) is 71.2 Å². The summed E-state index contributed by atoms with van der Waals surface area (Å²) in [6, 6.07) is 11.1. The van der Waals surface area contributed by atoms with Crippen LogP contribution in [0.2, 0.25) is 0 Å². The first kappa shape index (κ1) is 18.9. The normalized spacial score (nSPS) is 16.8. The molecule has 0 aliphatic carbocycles. The van der Waals surface area contributed by atoms with Crippen LogP contribution in [-0.2, 0) is 4.74 Å². The van der Waals surface area contributed by atoms with Gasteiger partial charge in [0.15, 0.2) is 0 Å². The van der Waals surface area contributed by atoms with E-state index in [1.807, 2.05) is 30.3 Å². The summed E-state index contributed by atoms with van der Waals surface area (Å²) in [7, 11) is 0. The number of aromatic nitrogens is 2. The molecule has 4 rings (SSSR count). The van der Waals surface area contributed by atoms with Crippen LogP contribution < -0.4 is 15.4 Å². The predicted molar refractivity (Wildman–Crippen MR) is 109 cm³/mol. The van der Waals surface area contributed by atoms with Crippen LogP contribution in [0.1, 0.15) is 12.8 Å². The third-order valence-electron chi connectivity index (χ3n) is 4.47. The highest BCUT2D eigenvalue weighted by Crippen LogP contribution is 2.27. The standard InChI is InChI=1S/C20H23FN4O2S/c21-14-10-19(28-13-14)18-11-20(25-24-18)23-15-3-5-16(6-4-15)26-8-1-2-17-12-22-7-9-27-17/h3-6,10-11,13,17,22H,1-2,7-9,12H2,(H2,23,24,25). The molecule has 1 aromatic carbocycles. The number of thiophene rings is 1. The number of ether oxygens (including phenoxy) is 2. The zero-order valence-corrected chi connectivity index (χ0v) is 16.2. The molecule has 0 spiro atoms. The second kappa shape index (κ2) is 9.18. The van der Waals surface area contributed by atoms with Crippen LogP contribution in [-0.4, -0.2) is 42.6 Å². The summed E-state index contributed by atoms with van der Waals surface area (Å²) in [6.45, 7) is 3.34. The van der Waals surface area contributed by atoms with Gasteiger partial charge >= 0.3 is 0 Å². The van der Waals surface area contributed by atoms with Gasteiger partial charge in [0.25, 0.3) is 0 Å². The van der Waals surface area contributed by atoms with Gasteiger partial charge in [0, 0.05) is 30.2 Å². The molecule has 1 unspecified atom stereocenters. The van der Waals surface area contributed by atoms with Crippen LogP contribution in [0.15, 0.2) is 41.8 Å². The van der Waals surface area contributed by atoms with Crippen molar-refractivity contribution >= 4 is 22.8 Å². The van der Waals surface area contributed by atoms with E-state index in [0.717, 1.165) is 54.7 Å². The molecule has 1 aliphatic heterocycles. The summed E-state index contributed by atoms with van der Waals surface area (Å²) in [5, 5.41) is 15.2. The SMILES string of the molecule is Fc1csc(-c2cc(Nc3ccc(OCCCC4CNCCO4)cc3)[nH]n2)c1. The quantitative estimate of drug-likeness (QED) is 0.494. The molecule has 0 saturated carbocycles. The molecule has 1 fully saturated rings. The molecule has 0 amide bonds. The fourth-order valence-corrected chi connectivity index (χ4v) is 3.77. The molecule has 0 bridgehead atoms. The maximum absolute atomic E-state index is 13.1. The zero-order chi connectivity index (χ0) is 19.2. The lowest BCUT2D eigenvalue weighted by Gasteiger charge is -2.23. The number of hydrogen-bond donors (Lipinski definition) is 3. The van der Waals surface area contributed by atoms with Crippen molar-refractivity contribution in [3.8, 4) is 16.3 Å². The lowest BCUT2D eigenvalue weighted by atomic mass is 10.2. The van der Waals surface area contributed by atoms with E-state index in [2.05, 4.69) is 20.8 Å². The molecule has 148 valence electrons. The van der Waals surface area contributed by atoms with E-state index >= 15 is 0 Å². The van der Waals surface area contributed by atoms with Crippen molar-refractivity contribution in [3.05, 3.63) is 47.6 Å². The molecule has 3 heterocycles. The summed E-state index contributed by atoms with van der Waals surface area (Å²) < 4.78 is 24.6. The molecule has 0 radical (unpaired) electrons. The predicted octanol–water partition coefficient (Wildman–Crippen LogP) is 4.17. The van der Waals surface area contributed by atoms with Crippen molar-refractivity contribution in [2.75, 3.05) is 31.6 Å². The molecular formula is C20H23FN4O2S. The third-order valence-corrected chi connectivity index (χ3v) is 5.40. The number of benzene rings is 1. The van der Waals surface area contributed by atoms with Gasteiger partial charge in [0.1, 0.15) is 23.1 Å². The van der Waals surface area contributed by atoms with Crippen LogP contribution in [0.25, 0.3) is 10.6 Å². The summed E-state index contributed by atoms with van der Waals surface area (Å²) in [5.74, 6) is 1.35. The number of rotatable bonds is 8. The Morgan fingerprint density at radius 3 is 2.93 bits per heavy atom. The van der Waals surface area contributed by atoms with Crippen molar-refractivity contribution in [1.82, 2.24) is 15.5 Å². The monoisotopic (exact) mass is 402 g/mol. The fourth-order valence-electron chi connectivity index (χ4n) is 3.06. The Bertz CT molecular complexity index is 874. The Balaban J connectivity index is 1.23. The lowest BCUT2D eigenvalue weighted by Crippen LogP contribution is -2.38. The number of H-pyrrole nitrogens is 1. The highest BCUT2D eigenvalue weighted by atomic mass is 32.1. The van der Waals surface area contributed by atoms with Gasteiger partial charge in [0.05, 0.1) is 24.2 Å². The Kier molecular flexibility index (Phi) is 6.20. The van der Waals surface area contributed by atoms with Gasteiger partial charge in [-0.3, -0.25) is 5.10 Å². The largest absolute Gasteiger partial charge is 0.494 e. The van der Waals surface area contributed by atoms with E-state index in [0.29, 0.717) is 18.4 Å². The molecule has 3 N–H and O–H groups in total. The third kappa shape index (κ3) is 5.09. The van der Waals surface area contributed by atoms with Gasteiger partial charge in [-0.15, -0.1) is 11.3 Å². The summed E-state index contributed by atoms with van der Waals surface area (Å²) in [4.78, 5) is 0.792. The number of nitrogens with one attached hydrogen (secondary N) is 3. The minimum absolute atomic E-state index is 0.240. The Morgan fingerprint density at radius 2 is 2.18 bits per heavy atom. The van der Waals surface area contributed by atoms with Crippen molar-refractivity contribution in [2.45, 2.75) is 18.9 Å². The van der Waals surface area contributed by atoms with Crippen LogP contribution in [0.4, 0.5) is 15.9 Å². The Morgan fingerprint density at radius 1 is 1.29 bits per heavy atom. The first-order valence-corrected chi connectivity index (χ1v) is 10.3. The van der Waals surface area contributed by atoms with E-state index < -0.39 is 0 Å². The summed E-state index contributed by atoms with van der Waals surface area (Å²) in [5.41, 5.74) is 1.63. The van der Waals surface area contributed by atoms with Crippen LogP contribution >= 0.6 is 11.3 Å². The van der Waals surface area contributed by atoms with Gasteiger partial charge < -0.3 is 20.1 Å². The number of hydrogen-bond acceptors (Lipinski definition) is 6. The second-order valence-electron chi connectivity index (χ2n) is 6.63. The molecule has 1 saturated heterocycles. The Hall–Kier alpha value is -2.42. The van der Waals surface area contributed by atoms with Crippen molar-refractivity contribution in [2.24, 2.45) is 0 Å². The van der Waals surface area contributed by atoms with Gasteiger partial charge in [0.2, 0.25) is 0 Å². The van der Waals surface area contributed by atoms with E-state index in [1.165, 1.54) is 22.8 Å². The number of morpholine rings is 1. The molecule has 2 aromatic heterocycles. The summed E-state index contributed by atoms with van der Waals surface area (Å²) >= 11 is 1.33. The van der Waals surface area contributed by atoms with E-state index in [9.17, 15) is 4.39 Å². The number of nitrogens with zero attached hydrogens (tertiary/aromatic N) is 1. The maximum Gasteiger partial charge on any atom is 0.134 e. The minimum atomic E-state index is -0.240. The van der Waals surface area contributed by atoms with Gasteiger partial charge in [-0.25, -0.2) is 4.39 Å². The first-order valence-electron chi connectivity index (χ1n) is 9.38.